The fraction of sp³-hybridized carbons (Fsp3) is 0.250. The topological polar surface area (TPSA) is 139 Å². The monoisotopic (exact) mass is 545 g/mol. The lowest BCUT2D eigenvalue weighted by Gasteiger charge is -2.17. The zero-order chi connectivity index (χ0) is 27.8. The van der Waals surface area contributed by atoms with E-state index in [0.29, 0.717) is 42.1 Å². The quantitative estimate of drug-likeness (QED) is 0.194. The Morgan fingerprint density at radius 3 is 2.67 bits per heavy atom. The van der Waals surface area contributed by atoms with Gasteiger partial charge >= 0.3 is 5.97 Å². The number of ether oxygens (including phenoxy) is 3. The van der Waals surface area contributed by atoms with E-state index in [1.807, 2.05) is 6.07 Å². The third-order valence-corrected chi connectivity index (χ3v) is 6.89. The maximum absolute atomic E-state index is 15.1. The third-order valence-electron chi connectivity index (χ3n) is 6.89. The number of fused-ring (bicyclic) bond motifs is 1. The number of ketones is 1. The molecule has 0 aliphatic carbocycles. The van der Waals surface area contributed by atoms with Gasteiger partial charge in [0.25, 0.3) is 5.91 Å². The first-order valence-electron chi connectivity index (χ1n) is 12.6. The van der Waals surface area contributed by atoms with Gasteiger partial charge in [-0.15, -0.1) is 0 Å². The number of hydrogen-bond donors (Lipinski definition) is 2. The number of carbonyl (C=O) groups excluding carboxylic acids is 3. The van der Waals surface area contributed by atoms with Gasteiger partial charge in [-0.1, -0.05) is 18.2 Å². The fourth-order valence-electron chi connectivity index (χ4n) is 4.81. The summed E-state index contributed by atoms with van der Waals surface area (Å²) in [5.41, 5.74) is 0.480. The summed E-state index contributed by atoms with van der Waals surface area (Å²) in [5.74, 6) is -0.929. The maximum Gasteiger partial charge on any atom is 0.338 e. The molecular weight excluding hydrogens is 521 g/mol. The van der Waals surface area contributed by atoms with Crippen molar-refractivity contribution in [2.75, 3.05) is 25.5 Å². The molecule has 204 valence electrons. The van der Waals surface area contributed by atoms with Crippen molar-refractivity contribution >= 4 is 34.5 Å². The molecule has 0 saturated carbocycles. The molecule has 11 nitrogen and oxygen atoms in total. The molecule has 0 spiro atoms. The molecule has 1 amide bonds. The molecule has 2 fully saturated rings. The van der Waals surface area contributed by atoms with Gasteiger partial charge in [-0.2, -0.15) is 0 Å². The average molecular weight is 546 g/mol. The smallest absolute Gasteiger partial charge is 0.338 e. The Morgan fingerprint density at radius 2 is 1.90 bits per heavy atom. The Balaban J connectivity index is 1.18. The molecule has 2 aliphatic heterocycles. The van der Waals surface area contributed by atoms with Crippen molar-refractivity contribution in [3.05, 3.63) is 78.0 Å². The van der Waals surface area contributed by atoms with Crippen molar-refractivity contribution in [3.63, 3.8) is 0 Å². The van der Waals surface area contributed by atoms with Crippen LogP contribution in [0.25, 0.3) is 11.0 Å². The minimum absolute atomic E-state index is 0.127. The molecule has 2 N–H and O–H groups in total. The fourth-order valence-corrected chi connectivity index (χ4v) is 4.81. The van der Waals surface area contributed by atoms with Crippen LogP contribution in [0.3, 0.4) is 0 Å². The average Bonchev–Trinajstić information content (AvgIpc) is 3.42. The van der Waals surface area contributed by atoms with Crippen LogP contribution in [0.4, 0.5) is 10.2 Å². The number of H-pyrrole nitrogens is 1. The van der Waals surface area contributed by atoms with Crippen molar-refractivity contribution in [2.24, 2.45) is 0 Å². The molecule has 12 heteroatoms. The maximum atomic E-state index is 15.1. The second kappa shape index (κ2) is 10.4. The summed E-state index contributed by atoms with van der Waals surface area (Å²) in [6, 6.07) is 12.8. The number of benzene rings is 2. The number of amides is 1. The molecule has 0 bridgehead atoms. The number of aromatic amines is 1. The third kappa shape index (κ3) is 4.84. The van der Waals surface area contributed by atoms with E-state index in [1.54, 1.807) is 29.2 Å². The summed E-state index contributed by atoms with van der Waals surface area (Å²) in [6.45, 7) is 0.809. The highest BCUT2D eigenvalue weighted by Gasteiger charge is 2.53. The van der Waals surface area contributed by atoms with Crippen LogP contribution < -0.4 is 10.1 Å². The predicted octanol–water partition coefficient (Wildman–Crippen LogP) is 3.07. The molecule has 2 aromatic heterocycles. The molecule has 2 saturated heterocycles. The molecule has 0 radical (unpaired) electrons. The van der Waals surface area contributed by atoms with Crippen molar-refractivity contribution in [1.82, 2.24) is 19.9 Å². The molecule has 40 heavy (non-hydrogen) atoms. The molecule has 3 atom stereocenters. The van der Waals surface area contributed by atoms with Crippen LogP contribution in [0.1, 0.15) is 22.3 Å². The molecular formula is C28H24FN5O6. The lowest BCUT2D eigenvalue weighted by molar-refractivity contribution is -0.142. The Kier molecular flexibility index (Phi) is 6.60. The van der Waals surface area contributed by atoms with E-state index < -0.39 is 29.8 Å². The highest BCUT2D eigenvalue weighted by molar-refractivity contribution is 6.18. The number of nitrogens with one attached hydrogen (secondary N) is 2. The summed E-state index contributed by atoms with van der Waals surface area (Å²) in [5, 5.41) is 3.71. The molecule has 2 aliphatic rings. The first-order chi connectivity index (χ1) is 19.4. The number of para-hydroxylation sites is 1. The van der Waals surface area contributed by atoms with Gasteiger partial charge in [0, 0.05) is 31.4 Å². The van der Waals surface area contributed by atoms with Gasteiger partial charge in [0.15, 0.2) is 18.0 Å². The molecule has 3 unspecified atom stereocenters. The first kappa shape index (κ1) is 25.4. The lowest BCUT2D eigenvalue weighted by Crippen LogP contribution is -2.36. The number of epoxide rings is 1. The van der Waals surface area contributed by atoms with Crippen molar-refractivity contribution in [2.45, 2.75) is 24.7 Å². The Labute approximate surface area is 227 Å². The minimum atomic E-state index is -0.862. The summed E-state index contributed by atoms with van der Waals surface area (Å²) >= 11 is 0. The van der Waals surface area contributed by atoms with Gasteiger partial charge in [-0.05, 0) is 30.7 Å². The number of methoxy groups -OCH3 is 1. The summed E-state index contributed by atoms with van der Waals surface area (Å²) in [6.07, 6.45) is 1.74. The number of aromatic nitrogens is 3. The van der Waals surface area contributed by atoms with Crippen LogP contribution in [0.2, 0.25) is 0 Å². The van der Waals surface area contributed by atoms with Gasteiger partial charge in [-0.25, -0.2) is 19.2 Å². The normalized spacial score (nSPS) is 19.9. The molecule has 6 rings (SSSR count). The molecule has 4 heterocycles. The number of nitrogens with zero attached hydrogens (tertiary/aromatic N) is 3. The zero-order valence-corrected chi connectivity index (χ0v) is 21.3. The van der Waals surface area contributed by atoms with E-state index in [0.717, 1.165) is 0 Å². The number of hydrogen-bond acceptors (Lipinski definition) is 9. The largest absolute Gasteiger partial charge is 0.467 e. The van der Waals surface area contributed by atoms with E-state index >= 15 is 4.39 Å². The van der Waals surface area contributed by atoms with Gasteiger partial charge in [0.1, 0.15) is 35.1 Å². The summed E-state index contributed by atoms with van der Waals surface area (Å²) < 4.78 is 30.6. The highest BCUT2D eigenvalue weighted by Crippen LogP contribution is 2.31. The van der Waals surface area contributed by atoms with Crippen LogP contribution in [0, 0.1) is 5.82 Å². The van der Waals surface area contributed by atoms with E-state index in [4.69, 9.17) is 9.47 Å². The summed E-state index contributed by atoms with van der Waals surface area (Å²) in [7, 11) is 1.24. The van der Waals surface area contributed by atoms with Crippen molar-refractivity contribution in [3.8, 4) is 11.5 Å². The summed E-state index contributed by atoms with van der Waals surface area (Å²) in [4.78, 5) is 50.9. The van der Waals surface area contributed by atoms with E-state index in [1.165, 1.54) is 37.8 Å². The van der Waals surface area contributed by atoms with Crippen molar-refractivity contribution < 1.29 is 33.0 Å². The SMILES string of the molecule is COC(=O)C1OC1C(=O)N1CCC(Nc2ncnc3[nH]cc(C(=O)c4ccc(Oc5ccccc5)cc4F)c23)C1. The van der Waals surface area contributed by atoms with Crippen molar-refractivity contribution in [1.29, 1.82) is 0 Å². The second-order valence-electron chi connectivity index (χ2n) is 9.45. The van der Waals surface area contributed by atoms with Crippen LogP contribution in [-0.2, 0) is 19.1 Å². The van der Waals surface area contributed by atoms with Gasteiger partial charge in [0.2, 0.25) is 0 Å². The number of anilines is 1. The number of rotatable bonds is 8. The Morgan fingerprint density at radius 1 is 1.07 bits per heavy atom. The van der Waals surface area contributed by atoms with Gasteiger partial charge < -0.3 is 29.4 Å². The van der Waals surface area contributed by atoms with Gasteiger partial charge in [-0.3, -0.25) is 9.59 Å². The zero-order valence-electron chi connectivity index (χ0n) is 21.3. The second-order valence-corrected chi connectivity index (χ2v) is 9.45. The van der Waals surface area contributed by atoms with Crippen LogP contribution in [0.15, 0.2) is 61.1 Å². The standard InChI is InChI=1S/C28H24FN5O6/c1-38-28(37)24-23(40-24)27(36)34-10-9-15(13-34)33-26-21-19(12-30-25(21)31-14-32-26)22(35)18-8-7-17(11-20(18)29)39-16-5-3-2-4-6-16/h2-8,11-12,14-15,23-24H,9-10,13H2,1H3,(H2,30,31,32,33). The highest BCUT2D eigenvalue weighted by atomic mass is 19.1. The van der Waals surface area contributed by atoms with Crippen LogP contribution in [-0.4, -0.2) is 76.0 Å². The Hall–Kier alpha value is -4.84. The first-order valence-corrected chi connectivity index (χ1v) is 12.6. The Bertz CT molecular complexity index is 1610. The van der Waals surface area contributed by atoms with Crippen LogP contribution in [0.5, 0.6) is 11.5 Å². The number of likely N-dealkylation sites (tertiary alicyclic amines) is 1. The molecule has 2 aromatic carbocycles. The van der Waals surface area contributed by atoms with E-state index in [9.17, 15) is 14.4 Å². The minimum Gasteiger partial charge on any atom is -0.467 e. The number of esters is 1. The van der Waals surface area contributed by atoms with Crippen LogP contribution >= 0.6 is 0 Å². The predicted molar refractivity (Wildman–Crippen MR) is 140 cm³/mol. The number of halogens is 1. The van der Waals surface area contributed by atoms with E-state index in [2.05, 4.69) is 25.0 Å². The van der Waals surface area contributed by atoms with E-state index in [-0.39, 0.29) is 28.8 Å². The number of carbonyl (C=O) groups is 3. The lowest BCUT2D eigenvalue weighted by atomic mass is 10.0. The van der Waals surface area contributed by atoms with Gasteiger partial charge in [0.05, 0.1) is 23.6 Å². The molecule has 4 aromatic rings.